The lowest BCUT2D eigenvalue weighted by atomic mass is 9.78. The predicted octanol–water partition coefficient (Wildman–Crippen LogP) is 22.8. The molecule has 700 valence electrons. The second kappa shape index (κ2) is 48.0. The van der Waals surface area contributed by atoms with Gasteiger partial charge in [0.2, 0.25) is 17.7 Å². The molecule has 10 amide bonds. The Labute approximate surface area is 863 Å². The van der Waals surface area contributed by atoms with Crippen LogP contribution in [0.15, 0.2) is 135 Å². The molecular weight excluding hydrogens is 2260 g/mol. The molecule has 0 bridgehead atoms. The van der Waals surface area contributed by atoms with E-state index < -0.39 is 89.3 Å². The fourth-order valence-electron chi connectivity index (χ4n) is 11.5. The summed E-state index contributed by atoms with van der Waals surface area (Å²) in [6.07, 6.45) is 2.40. The van der Waals surface area contributed by atoms with Gasteiger partial charge in [-0.2, -0.15) is 20.0 Å². The van der Waals surface area contributed by atoms with Crippen LogP contribution in [0.4, 0.5) is 45.5 Å². The van der Waals surface area contributed by atoms with Crippen LogP contribution in [0.3, 0.4) is 0 Å². The fraction of sp³-hybridized carbons (Fsp3) is 0.250. The third kappa shape index (κ3) is 26.8. The number of carbonyl (C=O) groups excluding carboxylic acids is 11. The molecule has 7 aromatic rings. The van der Waals surface area contributed by atoms with Gasteiger partial charge in [-0.15, -0.1) is 55.2 Å². The Morgan fingerprint density at radius 1 is 0.545 bits per heavy atom. The Morgan fingerprint density at radius 3 is 1.46 bits per heavy atom. The molecule has 6 N–H and O–H groups in total. The molecule has 7 aromatic carbocycles. The van der Waals surface area contributed by atoms with Crippen LogP contribution in [0, 0.1) is 28.4 Å². The molecule has 31 nitrogen and oxygen atoms in total. The molecule has 7 atom stereocenters. The zero-order valence-corrected chi connectivity index (χ0v) is 86.1. The highest BCUT2D eigenvalue weighted by Gasteiger charge is 2.46. The van der Waals surface area contributed by atoms with E-state index in [1.165, 1.54) is 80.6 Å². The number of esters is 1. The Bertz CT molecular complexity index is 5960. The van der Waals surface area contributed by atoms with Crippen molar-refractivity contribution in [3.05, 3.63) is 211 Å². The van der Waals surface area contributed by atoms with E-state index in [1.807, 2.05) is 26.8 Å². The highest BCUT2D eigenvalue weighted by Crippen LogP contribution is 2.50. The number of aryl methyl sites for hydroxylation is 1. The van der Waals surface area contributed by atoms with Gasteiger partial charge in [-0.25, -0.2) is 10.0 Å². The van der Waals surface area contributed by atoms with Gasteiger partial charge >= 0.3 is 5.97 Å². The first kappa shape index (κ1) is 110. The summed E-state index contributed by atoms with van der Waals surface area (Å²) >= 11 is 122. The van der Waals surface area contributed by atoms with Crippen molar-refractivity contribution in [1.29, 1.82) is 0 Å². The molecule has 0 radical (unpaired) electrons. The van der Waals surface area contributed by atoms with E-state index in [1.54, 1.807) is 39.0 Å². The fourth-order valence-corrected chi connectivity index (χ4v) is 17.5. The zero-order chi connectivity index (χ0) is 98.6. The van der Waals surface area contributed by atoms with Crippen LogP contribution in [-0.4, -0.2) is 132 Å². The molecule has 1 saturated heterocycles. The number of alkyl halides is 5. The number of non-ortho nitro benzene ring substituents is 1. The summed E-state index contributed by atoms with van der Waals surface area (Å²) < 4.78 is 5.27. The van der Waals surface area contributed by atoms with Crippen molar-refractivity contribution >= 4 is 392 Å². The third-order valence-electron chi connectivity index (χ3n) is 18.2. The van der Waals surface area contributed by atoms with Crippen LogP contribution in [-0.2, 0) is 52.7 Å². The molecule has 7 unspecified atom stereocenters. The molecule has 5 aliphatic heterocycles. The van der Waals surface area contributed by atoms with Gasteiger partial charge in [-0.3, -0.25) is 68.3 Å². The maximum atomic E-state index is 13.1. The van der Waals surface area contributed by atoms with Crippen molar-refractivity contribution < 1.29 is 62.4 Å². The number of benzene rings is 7. The molecule has 5 heterocycles. The quantitative estimate of drug-likeness (QED) is 0.00679. The van der Waals surface area contributed by atoms with E-state index in [0.717, 1.165) is 49.5 Å². The molecule has 12 rings (SSSR count). The van der Waals surface area contributed by atoms with Crippen LogP contribution in [0.1, 0.15) is 90.1 Å². The van der Waals surface area contributed by atoms with E-state index in [-0.39, 0.29) is 164 Å². The second-order valence-electron chi connectivity index (χ2n) is 28.2. The Hall–Kier alpha value is -7.53. The number of rotatable bonds is 18. The summed E-state index contributed by atoms with van der Waals surface area (Å²) in [4.78, 5) is 147. The van der Waals surface area contributed by atoms with Gasteiger partial charge in [0.1, 0.15) is 28.6 Å². The lowest BCUT2D eigenvalue weighted by Crippen LogP contribution is -2.46. The number of nitrogens with zero attached hydrogens (tertiary/aromatic N) is 11. The number of halogens is 21. The van der Waals surface area contributed by atoms with Crippen LogP contribution >= 0.6 is 252 Å². The zero-order valence-electron chi connectivity index (χ0n) is 68.5. The largest absolute Gasteiger partial charge is 0.465 e. The van der Waals surface area contributed by atoms with Crippen molar-refractivity contribution in [3.63, 3.8) is 0 Å². The summed E-state index contributed by atoms with van der Waals surface area (Å²) in [7, 11) is 0. The SMILES string of the molecule is C=C(C)C(=O)NC1=NN(c2c(Cl)cc(Cl)cc2Cl)C(=O)C1Br.CC(=O)NC1=NN(c2ccc(C)cc2Cl)C(=O)C1Cl.CC(=O)Nc1ccc(Cl)c(N=C2NN(c3c(Cl)c(Cl)c(Cl)c(Cl)c3Cl)C(=O)C2Cl)c1.CCCCOC(=O)C(C)CC(C)(CC)C(=O)NC1=NN(c2c(Cl)cc(Cl)cc2Cl)C(=O)C1Cl.O=C(NC1=NN(c2c(Cl)cc(Cl)cc2Cl)C(=O)C1Br)c1cccc([N+](=O)[O-])c1. The molecule has 0 aromatic heterocycles. The normalized spacial score (nSPS) is 17.6. The number of hydrogen-bond donors (Lipinski definition) is 6. The smallest absolute Gasteiger partial charge is 0.308 e. The number of nitro benzene ring substituents is 1. The lowest BCUT2D eigenvalue weighted by molar-refractivity contribution is -0.384. The number of anilines is 6. The average molecular weight is 2320 g/mol. The number of hydrazone groups is 4. The number of unbranched alkanes of at least 4 members (excludes halogenated alkanes) is 1. The van der Waals surface area contributed by atoms with Crippen LogP contribution in [0.5, 0.6) is 0 Å². The number of ether oxygens (including phenoxy) is 1. The van der Waals surface area contributed by atoms with Crippen LogP contribution in [0.25, 0.3) is 0 Å². The summed E-state index contributed by atoms with van der Waals surface area (Å²) in [5, 5.41) is 43.2. The van der Waals surface area contributed by atoms with E-state index in [2.05, 4.69) is 95.8 Å². The first-order valence-corrected chi connectivity index (χ1v) is 46.6. The van der Waals surface area contributed by atoms with Crippen LogP contribution < -0.4 is 57.1 Å². The van der Waals surface area contributed by atoms with Crippen molar-refractivity contribution in [2.24, 2.45) is 36.7 Å². The number of hydrogen-bond acceptors (Lipinski definition) is 19. The van der Waals surface area contributed by atoms with Crippen molar-refractivity contribution in [2.75, 3.05) is 37.0 Å². The van der Waals surface area contributed by atoms with Crippen LogP contribution in [0.2, 0.25) is 80.4 Å². The lowest BCUT2D eigenvalue weighted by Gasteiger charge is -2.29. The van der Waals surface area contributed by atoms with Gasteiger partial charge in [-0.05, 0) is 111 Å². The summed E-state index contributed by atoms with van der Waals surface area (Å²) in [5.74, 6) is -5.46. The standard InChI is InChI=1S/C22H27Cl4N3O4.C17H9Cl7N4O2.C16H8BrCl3N4O4.C13H9BrCl3N3O2.C12H11Cl2N3O2/c1-5-7-8-33-20(31)12(3)11-22(4,6-2)21(32)27-18-16(26)19(30)29(28-18)17-14(24)9-13(23)10-15(17)25;1-5(29)25-6-2-3-7(18)8(4-6)26-16-14(24)17(30)28(27-16)15-12(22)10(20)9(19)11(21)13(15)23;17-12-14(21-15(25)7-2-1-3-9(4-7)24(27)28)22-23(16(12)26)13-10(19)5-8(18)6-11(13)20;1-5(2)12(21)18-11-9(14)13(22)20(19-11)10-7(16)3-6(15)4-8(10)17;1-6-3-4-9(8(13)5-6)17-12(19)10(14)11(16-17)15-7(2)18/h9-10,12,16H,5-8,11H2,1-4H3,(H,27,28,32);2-4,14H,1H3,(H,25,29)(H,26,27);1-6,12H,(H,21,22,25);3-4,9H,1H2,2H3,(H,18,19,21);3-5,10H,1-2H3,(H,15,16,18). The first-order valence-electron chi connectivity index (χ1n) is 37.4. The molecule has 52 heteroatoms. The number of amides is 10. The predicted molar refractivity (Wildman–Crippen MR) is 533 cm³/mol. The van der Waals surface area contributed by atoms with E-state index in [4.69, 9.17) is 225 Å². The third-order valence-corrected chi connectivity index (χ3v) is 26.3. The minimum atomic E-state index is -1.24. The van der Waals surface area contributed by atoms with Gasteiger partial charge in [0, 0.05) is 63.3 Å². The molecule has 1 fully saturated rings. The van der Waals surface area contributed by atoms with Gasteiger partial charge < -0.3 is 31.3 Å². The van der Waals surface area contributed by atoms with Gasteiger partial charge in [0.25, 0.3) is 47.0 Å². The maximum absolute atomic E-state index is 13.1. The topological polar surface area (TPSA) is 390 Å². The van der Waals surface area contributed by atoms with E-state index in [0.29, 0.717) is 39.5 Å². The van der Waals surface area contributed by atoms with Crippen molar-refractivity contribution in [1.82, 2.24) is 26.7 Å². The Morgan fingerprint density at radius 2 is 1.00 bits per heavy atom. The minimum Gasteiger partial charge on any atom is -0.465 e. The molecule has 5 aliphatic rings. The molecule has 0 spiro atoms. The van der Waals surface area contributed by atoms with Gasteiger partial charge in [0.05, 0.1) is 94.1 Å². The summed E-state index contributed by atoms with van der Waals surface area (Å²) in [6, 6.07) is 23.5. The Balaban J connectivity index is 0.000000206. The summed E-state index contributed by atoms with van der Waals surface area (Å²) in [6.45, 7) is 17.3. The molecule has 132 heavy (non-hydrogen) atoms. The molecule has 0 saturated carbocycles. The van der Waals surface area contributed by atoms with Crippen molar-refractivity contribution in [3.8, 4) is 0 Å². The average Bonchev–Trinajstić information content (AvgIpc) is 1.60. The number of nitro groups is 1. The second-order valence-corrected chi connectivity index (χ2v) is 37.8. The minimum absolute atomic E-state index is 0.0245. The van der Waals surface area contributed by atoms with Gasteiger partial charge in [-0.1, -0.05) is 270 Å². The number of aliphatic imine (C=N–C) groups is 1. The van der Waals surface area contributed by atoms with E-state index >= 15 is 0 Å². The summed E-state index contributed by atoms with van der Waals surface area (Å²) in [5.41, 5.74) is 4.39. The van der Waals surface area contributed by atoms with E-state index in [9.17, 15) is 62.9 Å². The monoisotopic (exact) mass is 2310 g/mol. The maximum Gasteiger partial charge on any atom is 0.308 e. The number of nitrogens with one attached hydrogen (secondary N) is 6. The number of amidine groups is 5. The number of hydrazine groups is 1. The highest BCUT2D eigenvalue weighted by atomic mass is 79.9. The molecule has 0 aliphatic carbocycles. The Kier molecular flexibility index (Phi) is 39.9. The van der Waals surface area contributed by atoms with Crippen molar-refractivity contribution in [2.45, 2.75) is 107 Å². The molecular formula is C80H64Br2Cl19N17O14. The highest BCUT2D eigenvalue weighted by molar-refractivity contribution is 9.10. The van der Waals surface area contributed by atoms with Gasteiger partial charge in [0.15, 0.2) is 49.1 Å². The first-order chi connectivity index (χ1) is 61.8. The number of carbonyl (C=O) groups is 11.